The molecule has 3 rings (SSSR count). The summed E-state index contributed by atoms with van der Waals surface area (Å²) in [4.78, 5) is 20.6. The number of carbonyl (C=O) groups is 1. The maximum atomic E-state index is 11.4. The van der Waals surface area contributed by atoms with Crippen molar-refractivity contribution in [2.75, 3.05) is 46.3 Å². The first-order valence-electron chi connectivity index (χ1n) is 11.4. The Morgan fingerprint density at radius 1 is 1.06 bits per heavy atom. The number of primary amides is 1. The topological polar surface area (TPSA) is 86.0 Å². The van der Waals surface area contributed by atoms with Crippen molar-refractivity contribution >= 4 is 35.8 Å². The highest BCUT2D eigenvalue weighted by atomic mass is 127. The molecule has 0 aliphatic carbocycles. The van der Waals surface area contributed by atoms with Crippen LogP contribution in [-0.4, -0.2) is 68.0 Å². The van der Waals surface area contributed by atoms with E-state index in [1.807, 2.05) is 0 Å². The molecule has 2 saturated heterocycles. The second kappa shape index (κ2) is 13.9. The summed E-state index contributed by atoms with van der Waals surface area (Å²) in [5.74, 6) is 0.680. The van der Waals surface area contributed by atoms with Crippen molar-refractivity contribution in [3.05, 3.63) is 35.4 Å². The molecule has 2 heterocycles. The van der Waals surface area contributed by atoms with E-state index in [2.05, 4.69) is 49.7 Å². The molecule has 8 heteroatoms. The Hall–Kier alpha value is -1.39. The number of hydrogen-bond acceptors (Lipinski definition) is 4. The maximum Gasteiger partial charge on any atom is 0.221 e. The largest absolute Gasteiger partial charge is 0.369 e. The number of carbonyl (C=O) groups excluding carboxylic acids is 1. The van der Waals surface area contributed by atoms with Crippen LogP contribution >= 0.6 is 24.0 Å². The van der Waals surface area contributed by atoms with Crippen molar-refractivity contribution in [2.24, 2.45) is 16.6 Å². The third-order valence-electron chi connectivity index (χ3n) is 6.16. The van der Waals surface area contributed by atoms with Crippen LogP contribution in [0.2, 0.25) is 0 Å². The zero-order chi connectivity index (χ0) is 21.2. The molecule has 0 saturated carbocycles. The molecule has 174 valence electrons. The lowest BCUT2D eigenvalue weighted by atomic mass is 9.97. The first kappa shape index (κ1) is 25.9. The predicted molar refractivity (Wildman–Crippen MR) is 138 cm³/mol. The summed E-state index contributed by atoms with van der Waals surface area (Å²) >= 11 is 0. The van der Waals surface area contributed by atoms with Crippen LogP contribution in [0.15, 0.2) is 29.3 Å². The SMILES string of the molecule is CN=C(NCCCN1CCCC(C(N)=O)C1)NCc1ccc(CN2CCCC2)cc1.I. The first-order chi connectivity index (χ1) is 14.6. The van der Waals surface area contributed by atoms with E-state index in [0.29, 0.717) is 0 Å². The fourth-order valence-electron chi connectivity index (χ4n) is 4.37. The van der Waals surface area contributed by atoms with Crippen LogP contribution in [-0.2, 0) is 17.9 Å². The number of nitrogens with zero attached hydrogens (tertiary/aromatic N) is 3. The van der Waals surface area contributed by atoms with Crippen LogP contribution < -0.4 is 16.4 Å². The second-order valence-electron chi connectivity index (χ2n) is 8.55. The number of nitrogens with two attached hydrogens (primary N) is 1. The van der Waals surface area contributed by atoms with Crippen molar-refractivity contribution in [3.63, 3.8) is 0 Å². The Bertz CT molecular complexity index is 690. The van der Waals surface area contributed by atoms with E-state index < -0.39 is 0 Å². The molecule has 0 spiro atoms. The standard InChI is InChI=1S/C23H38N6O.HI/c1-25-23(26-11-5-15-29-14-4-6-21(18-29)22(24)30)27-16-19-7-9-20(10-8-19)17-28-12-2-3-13-28;/h7-10,21H,2-6,11-18H2,1H3,(H2,24,30)(H2,25,26,27);1H. The van der Waals surface area contributed by atoms with Crippen LogP contribution in [0.1, 0.15) is 43.2 Å². The highest BCUT2D eigenvalue weighted by molar-refractivity contribution is 14.0. The second-order valence-corrected chi connectivity index (χ2v) is 8.55. The number of benzene rings is 1. The summed E-state index contributed by atoms with van der Waals surface area (Å²) in [7, 11) is 1.80. The van der Waals surface area contributed by atoms with Crippen molar-refractivity contribution in [1.82, 2.24) is 20.4 Å². The molecule has 1 aromatic rings. The number of halogens is 1. The average Bonchev–Trinajstić information content (AvgIpc) is 3.27. The minimum Gasteiger partial charge on any atom is -0.369 e. The van der Waals surface area contributed by atoms with Gasteiger partial charge < -0.3 is 21.3 Å². The minimum atomic E-state index is -0.161. The van der Waals surface area contributed by atoms with Gasteiger partial charge in [-0.1, -0.05) is 24.3 Å². The summed E-state index contributed by atoms with van der Waals surface area (Å²) < 4.78 is 0. The van der Waals surface area contributed by atoms with Crippen LogP contribution in [0.3, 0.4) is 0 Å². The van der Waals surface area contributed by atoms with Crippen LogP contribution in [0, 0.1) is 5.92 Å². The Morgan fingerprint density at radius 2 is 1.74 bits per heavy atom. The van der Waals surface area contributed by atoms with Crippen molar-refractivity contribution in [1.29, 1.82) is 0 Å². The Balaban J connectivity index is 0.00000341. The lowest BCUT2D eigenvalue weighted by Crippen LogP contribution is -2.42. The van der Waals surface area contributed by atoms with E-state index in [1.165, 1.54) is 37.1 Å². The van der Waals surface area contributed by atoms with Gasteiger partial charge in [0.2, 0.25) is 5.91 Å². The smallest absolute Gasteiger partial charge is 0.221 e. The molecule has 31 heavy (non-hydrogen) atoms. The number of likely N-dealkylation sites (tertiary alicyclic amines) is 2. The molecule has 2 aliphatic rings. The van der Waals surface area contributed by atoms with E-state index in [-0.39, 0.29) is 35.8 Å². The van der Waals surface area contributed by atoms with Gasteiger partial charge in [0.1, 0.15) is 0 Å². The predicted octanol–water partition coefficient (Wildman–Crippen LogP) is 2.15. The van der Waals surface area contributed by atoms with Gasteiger partial charge in [-0.05, 0) is 69.4 Å². The van der Waals surface area contributed by atoms with Gasteiger partial charge >= 0.3 is 0 Å². The van der Waals surface area contributed by atoms with Gasteiger partial charge in [0.05, 0.1) is 5.92 Å². The van der Waals surface area contributed by atoms with E-state index in [1.54, 1.807) is 7.05 Å². The van der Waals surface area contributed by atoms with E-state index in [9.17, 15) is 4.79 Å². The monoisotopic (exact) mass is 542 g/mol. The molecule has 0 bridgehead atoms. The van der Waals surface area contributed by atoms with Crippen molar-refractivity contribution < 1.29 is 4.79 Å². The Kier molecular flexibility index (Phi) is 11.6. The molecule has 0 radical (unpaired) electrons. The first-order valence-corrected chi connectivity index (χ1v) is 11.4. The molecule has 0 aromatic heterocycles. The van der Waals surface area contributed by atoms with Crippen molar-refractivity contribution in [2.45, 2.75) is 45.2 Å². The van der Waals surface area contributed by atoms with Gasteiger partial charge in [0.15, 0.2) is 5.96 Å². The van der Waals surface area contributed by atoms with Gasteiger partial charge in [0.25, 0.3) is 0 Å². The number of rotatable bonds is 9. The normalized spacial score (nSPS) is 20.3. The van der Waals surface area contributed by atoms with Gasteiger partial charge in [-0.15, -0.1) is 24.0 Å². The van der Waals surface area contributed by atoms with Crippen LogP contribution in [0.4, 0.5) is 0 Å². The minimum absolute atomic E-state index is 0. The number of amides is 1. The fraction of sp³-hybridized carbons (Fsp3) is 0.652. The third kappa shape index (κ3) is 8.94. The molecule has 2 aliphatic heterocycles. The van der Waals surface area contributed by atoms with Crippen LogP contribution in [0.5, 0.6) is 0 Å². The van der Waals surface area contributed by atoms with E-state index >= 15 is 0 Å². The summed E-state index contributed by atoms with van der Waals surface area (Å²) in [5, 5.41) is 6.78. The molecule has 4 N–H and O–H groups in total. The number of aliphatic imine (C=N–C) groups is 1. The number of piperidine rings is 1. The quantitative estimate of drug-likeness (QED) is 0.193. The molecule has 1 amide bonds. The molecule has 7 nitrogen and oxygen atoms in total. The highest BCUT2D eigenvalue weighted by Gasteiger charge is 2.23. The number of guanidine groups is 1. The fourth-order valence-corrected chi connectivity index (χ4v) is 4.37. The summed E-state index contributed by atoms with van der Waals surface area (Å²) in [5.41, 5.74) is 8.11. The zero-order valence-electron chi connectivity index (χ0n) is 18.8. The molecule has 2 fully saturated rings. The molecule has 1 atom stereocenters. The average molecular weight is 543 g/mol. The lowest BCUT2D eigenvalue weighted by Gasteiger charge is -2.31. The summed E-state index contributed by atoms with van der Waals surface area (Å²) in [6, 6.07) is 8.89. The maximum absolute atomic E-state index is 11.4. The number of nitrogens with one attached hydrogen (secondary N) is 2. The Labute approximate surface area is 204 Å². The van der Waals surface area contributed by atoms with Crippen LogP contribution in [0.25, 0.3) is 0 Å². The zero-order valence-corrected chi connectivity index (χ0v) is 21.1. The Morgan fingerprint density at radius 3 is 2.42 bits per heavy atom. The summed E-state index contributed by atoms with van der Waals surface area (Å²) in [6.07, 6.45) is 5.67. The van der Waals surface area contributed by atoms with E-state index in [4.69, 9.17) is 5.73 Å². The van der Waals surface area contributed by atoms with E-state index in [0.717, 1.165) is 64.5 Å². The van der Waals surface area contributed by atoms with Gasteiger partial charge in [-0.3, -0.25) is 14.7 Å². The molecular formula is C23H39IN6O. The van der Waals surface area contributed by atoms with Gasteiger partial charge in [0, 0.05) is 33.2 Å². The lowest BCUT2D eigenvalue weighted by molar-refractivity contribution is -0.123. The van der Waals surface area contributed by atoms with Crippen molar-refractivity contribution in [3.8, 4) is 0 Å². The molecule has 1 unspecified atom stereocenters. The van der Waals surface area contributed by atoms with Gasteiger partial charge in [-0.25, -0.2) is 0 Å². The molecule has 1 aromatic carbocycles. The number of hydrogen-bond donors (Lipinski definition) is 3. The van der Waals surface area contributed by atoms with Gasteiger partial charge in [-0.2, -0.15) is 0 Å². The highest BCUT2D eigenvalue weighted by Crippen LogP contribution is 2.16. The summed E-state index contributed by atoms with van der Waals surface area (Å²) in [6.45, 7) is 7.98. The molecular weight excluding hydrogens is 503 g/mol. The third-order valence-corrected chi connectivity index (χ3v) is 6.16.